The zero-order valence-corrected chi connectivity index (χ0v) is 14.6. The van der Waals surface area contributed by atoms with E-state index < -0.39 is 0 Å². The second-order valence-corrected chi connectivity index (χ2v) is 6.65. The van der Waals surface area contributed by atoms with E-state index in [4.69, 9.17) is 15.2 Å². The lowest BCUT2D eigenvalue weighted by atomic mass is 10.0. The molecule has 0 aromatic heterocycles. The lowest BCUT2D eigenvalue weighted by Crippen LogP contribution is -2.35. The molecule has 0 bridgehead atoms. The van der Waals surface area contributed by atoms with Crippen LogP contribution in [-0.2, 0) is 0 Å². The van der Waals surface area contributed by atoms with Crippen LogP contribution in [0.4, 0.5) is 0 Å². The molecule has 1 saturated carbocycles. The summed E-state index contributed by atoms with van der Waals surface area (Å²) in [5.74, 6) is 2.25. The predicted molar refractivity (Wildman–Crippen MR) is 89.0 cm³/mol. The quantitative estimate of drug-likeness (QED) is 0.821. The number of nitrogens with two attached hydrogens (primary N) is 1. The van der Waals surface area contributed by atoms with E-state index >= 15 is 0 Å². The average Bonchev–Trinajstić information content (AvgIpc) is 2.90. The molecule has 2 rings (SSSR count). The third kappa shape index (κ3) is 3.90. The Bertz CT molecular complexity index is 482. The number of halogens is 1. The Hall–Kier alpha value is -0.780. The first-order valence-corrected chi connectivity index (χ1v) is 8.25. The van der Waals surface area contributed by atoms with Crippen LogP contribution in [0.5, 0.6) is 11.5 Å². The maximum absolute atomic E-state index is 5.99. The first-order valence-electron chi connectivity index (χ1n) is 7.46. The summed E-state index contributed by atoms with van der Waals surface area (Å²) in [6.45, 7) is 2.87. The minimum Gasteiger partial charge on any atom is -0.493 e. The third-order valence-electron chi connectivity index (χ3n) is 4.25. The van der Waals surface area contributed by atoms with Gasteiger partial charge in [0.2, 0.25) is 0 Å². The van der Waals surface area contributed by atoms with Gasteiger partial charge >= 0.3 is 0 Å². The Morgan fingerprint density at radius 1 is 1.29 bits per heavy atom. The predicted octanol–water partition coefficient (Wildman–Crippen LogP) is 3.24. The molecule has 118 valence electrons. The van der Waals surface area contributed by atoms with Crippen LogP contribution >= 0.6 is 15.9 Å². The molecule has 1 aromatic carbocycles. The fourth-order valence-corrected chi connectivity index (χ4v) is 3.66. The summed E-state index contributed by atoms with van der Waals surface area (Å²) in [4.78, 5) is 0. The number of benzene rings is 1. The molecule has 0 amide bonds. The van der Waals surface area contributed by atoms with Gasteiger partial charge in [0, 0.05) is 23.1 Å². The number of nitrogens with one attached hydrogen (secondary N) is 1. The summed E-state index contributed by atoms with van der Waals surface area (Å²) < 4.78 is 11.7. The van der Waals surface area contributed by atoms with E-state index in [1.54, 1.807) is 14.2 Å². The number of ether oxygens (including phenoxy) is 2. The molecule has 0 heterocycles. The molecule has 3 atom stereocenters. The normalized spacial score (nSPS) is 23.1. The largest absolute Gasteiger partial charge is 0.493 e. The summed E-state index contributed by atoms with van der Waals surface area (Å²) in [6, 6.07) is 4.62. The fraction of sp³-hybridized carbons (Fsp3) is 0.625. The summed E-state index contributed by atoms with van der Waals surface area (Å²) in [5, 5.41) is 3.69. The van der Waals surface area contributed by atoms with E-state index in [1.807, 2.05) is 12.1 Å². The standard InChI is InChI=1S/C16H25BrN2O2/c1-10-4-5-11(6-10)19-14(9-18)12-7-15(20-2)16(21-3)8-13(12)17/h7-8,10-11,14,19H,4-6,9,18H2,1-3H3. The van der Waals surface area contributed by atoms with Crippen molar-refractivity contribution in [3.63, 3.8) is 0 Å². The average molecular weight is 357 g/mol. The molecule has 0 spiro atoms. The Labute approximate surface area is 135 Å². The van der Waals surface area contributed by atoms with Crippen LogP contribution in [0.1, 0.15) is 37.8 Å². The summed E-state index contributed by atoms with van der Waals surface area (Å²) in [6.07, 6.45) is 3.74. The van der Waals surface area contributed by atoms with Gasteiger partial charge in [-0.05, 0) is 42.9 Å². The smallest absolute Gasteiger partial charge is 0.161 e. The highest BCUT2D eigenvalue weighted by molar-refractivity contribution is 9.10. The van der Waals surface area contributed by atoms with Gasteiger partial charge in [-0.2, -0.15) is 0 Å². The molecule has 5 heteroatoms. The molecule has 4 nitrogen and oxygen atoms in total. The van der Waals surface area contributed by atoms with Crippen LogP contribution in [0.3, 0.4) is 0 Å². The van der Waals surface area contributed by atoms with Gasteiger partial charge in [-0.1, -0.05) is 22.9 Å². The van der Waals surface area contributed by atoms with Crippen LogP contribution in [0.25, 0.3) is 0 Å². The van der Waals surface area contributed by atoms with E-state index in [-0.39, 0.29) is 6.04 Å². The van der Waals surface area contributed by atoms with Gasteiger partial charge < -0.3 is 20.5 Å². The molecule has 1 aliphatic rings. The number of hydrogen-bond acceptors (Lipinski definition) is 4. The van der Waals surface area contributed by atoms with Crippen molar-refractivity contribution in [1.29, 1.82) is 0 Å². The Morgan fingerprint density at radius 3 is 2.48 bits per heavy atom. The maximum Gasteiger partial charge on any atom is 0.161 e. The van der Waals surface area contributed by atoms with Crippen molar-refractivity contribution in [2.24, 2.45) is 11.7 Å². The molecule has 1 fully saturated rings. The summed E-state index contributed by atoms with van der Waals surface area (Å²) in [5.41, 5.74) is 7.11. The van der Waals surface area contributed by atoms with Gasteiger partial charge in [-0.25, -0.2) is 0 Å². The lowest BCUT2D eigenvalue weighted by Gasteiger charge is -2.24. The minimum absolute atomic E-state index is 0.120. The number of hydrogen-bond donors (Lipinski definition) is 2. The van der Waals surface area contributed by atoms with Gasteiger partial charge in [-0.3, -0.25) is 0 Å². The van der Waals surface area contributed by atoms with Crippen LogP contribution in [0.2, 0.25) is 0 Å². The zero-order chi connectivity index (χ0) is 15.4. The van der Waals surface area contributed by atoms with Crippen LogP contribution in [-0.4, -0.2) is 26.8 Å². The van der Waals surface area contributed by atoms with Crippen LogP contribution < -0.4 is 20.5 Å². The van der Waals surface area contributed by atoms with E-state index in [0.29, 0.717) is 12.6 Å². The van der Waals surface area contributed by atoms with Crippen molar-refractivity contribution in [2.45, 2.75) is 38.3 Å². The van der Waals surface area contributed by atoms with Gasteiger partial charge in [0.15, 0.2) is 11.5 Å². The SMILES string of the molecule is COc1cc(Br)c(C(CN)NC2CCC(C)C2)cc1OC. The lowest BCUT2D eigenvalue weighted by molar-refractivity contribution is 0.352. The highest BCUT2D eigenvalue weighted by Gasteiger charge is 2.25. The van der Waals surface area contributed by atoms with Gasteiger partial charge in [0.05, 0.1) is 14.2 Å². The van der Waals surface area contributed by atoms with Crippen molar-refractivity contribution in [1.82, 2.24) is 5.32 Å². The molecular formula is C16H25BrN2O2. The van der Waals surface area contributed by atoms with Gasteiger partial charge in [0.25, 0.3) is 0 Å². The van der Waals surface area contributed by atoms with Crippen LogP contribution in [0, 0.1) is 5.92 Å². The van der Waals surface area contributed by atoms with Crippen molar-refractivity contribution < 1.29 is 9.47 Å². The molecular weight excluding hydrogens is 332 g/mol. The summed E-state index contributed by atoms with van der Waals surface area (Å²) in [7, 11) is 3.29. The minimum atomic E-state index is 0.120. The van der Waals surface area contributed by atoms with E-state index in [2.05, 4.69) is 28.2 Å². The number of methoxy groups -OCH3 is 2. The second kappa shape index (κ2) is 7.47. The van der Waals surface area contributed by atoms with Crippen molar-refractivity contribution in [3.8, 4) is 11.5 Å². The first-order chi connectivity index (χ1) is 10.1. The van der Waals surface area contributed by atoms with Crippen molar-refractivity contribution in [3.05, 3.63) is 22.2 Å². The monoisotopic (exact) mass is 356 g/mol. The molecule has 0 radical (unpaired) electrons. The summed E-state index contributed by atoms with van der Waals surface area (Å²) >= 11 is 3.62. The Balaban J connectivity index is 2.20. The third-order valence-corrected chi connectivity index (χ3v) is 4.93. The molecule has 0 aliphatic heterocycles. The second-order valence-electron chi connectivity index (χ2n) is 5.80. The molecule has 1 aromatic rings. The molecule has 0 saturated heterocycles. The Kier molecular flexibility index (Phi) is 5.90. The first kappa shape index (κ1) is 16.6. The zero-order valence-electron chi connectivity index (χ0n) is 13.0. The molecule has 3 N–H and O–H groups in total. The molecule has 1 aliphatic carbocycles. The van der Waals surface area contributed by atoms with Gasteiger partial charge in [0.1, 0.15) is 0 Å². The van der Waals surface area contributed by atoms with E-state index in [9.17, 15) is 0 Å². The van der Waals surface area contributed by atoms with Gasteiger partial charge in [-0.15, -0.1) is 0 Å². The fourth-order valence-electron chi connectivity index (χ4n) is 3.06. The van der Waals surface area contributed by atoms with Crippen molar-refractivity contribution in [2.75, 3.05) is 20.8 Å². The van der Waals surface area contributed by atoms with Crippen molar-refractivity contribution >= 4 is 15.9 Å². The van der Waals surface area contributed by atoms with Crippen LogP contribution in [0.15, 0.2) is 16.6 Å². The highest BCUT2D eigenvalue weighted by atomic mass is 79.9. The molecule has 21 heavy (non-hydrogen) atoms. The molecule has 3 unspecified atom stereocenters. The van der Waals surface area contributed by atoms with E-state index in [0.717, 1.165) is 27.5 Å². The topological polar surface area (TPSA) is 56.5 Å². The number of rotatable bonds is 6. The van der Waals surface area contributed by atoms with E-state index in [1.165, 1.54) is 19.3 Å². The maximum atomic E-state index is 5.99. The highest BCUT2D eigenvalue weighted by Crippen LogP contribution is 2.36. The Morgan fingerprint density at radius 2 is 1.95 bits per heavy atom.